The molecular weight excluding hydrogens is 144 g/mol. The molecule has 0 rings (SSSR count). The predicted octanol–water partition coefficient (Wildman–Crippen LogP) is 1.28. The second-order valence-corrected chi connectivity index (χ2v) is 1.72. The number of ether oxygens (including phenoxy) is 1. The van der Waals surface area contributed by atoms with Gasteiger partial charge in [-0.15, -0.1) is 0 Å². The van der Waals surface area contributed by atoms with Crippen LogP contribution in [0.2, 0.25) is 0 Å². The second kappa shape index (κ2) is 11.6. The molecule has 0 heterocycles. The van der Waals surface area contributed by atoms with Gasteiger partial charge in [0.25, 0.3) is 0 Å². The quantitative estimate of drug-likeness (QED) is 0.285. The monoisotopic (exact) mass is 159 g/mol. The first-order chi connectivity index (χ1) is 5.22. The van der Waals surface area contributed by atoms with E-state index in [1.165, 1.54) is 6.42 Å². The molecule has 0 radical (unpaired) electrons. The summed E-state index contributed by atoms with van der Waals surface area (Å²) >= 11 is 0. The van der Waals surface area contributed by atoms with Gasteiger partial charge in [0.2, 0.25) is 0 Å². The van der Waals surface area contributed by atoms with Crippen molar-refractivity contribution >= 4 is 12.2 Å². The highest BCUT2D eigenvalue weighted by atomic mass is 16.5. The van der Waals surface area contributed by atoms with E-state index < -0.39 is 5.97 Å². The molecule has 4 nitrogen and oxygen atoms in total. The van der Waals surface area contributed by atoms with Gasteiger partial charge in [0.05, 0.1) is 16.9 Å². The Balaban J connectivity index is 0. The van der Waals surface area contributed by atoms with Crippen molar-refractivity contribution in [2.75, 3.05) is 6.61 Å². The van der Waals surface area contributed by atoms with Gasteiger partial charge < -0.3 is 4.74 Å². The molecule has 0 atom stereocenters. The molecular formula is C7H15N2O2+. The van der Waals surface area contributed by atoms with Crippen molar-refractivity contribution in [3.8, 4) is 0 Å². The number of carbonyl (C=O) groups excluding carboxylic acids is 1. The van der Waals surface area contributed by atoms with E-state index in [1.807, 2.05) is 0 Å². The van der Waals surface area contributed by atoms with E-state index >= 15 is 0 Å². The van der Waals surface area contributed by atoms with E-state index in [4.69, 9.17) is 5.53 Å². The van der Waals surface area contributed by atoms with E-state index in [0.717, 1.165) is 6.21 Å². The van der Waals surface area contributed by atoms with E-state index in [2.05, 4.69) is 23.4 Å². The molecule has 0 saturated heterocycles. The predicted molar refractivity (Wildman–Crippen MR) is 41.6 cm³/mol. The molecule has 0 fully saturated rings. The molecule has 64 valence electrons. The Kier molecular flexibility index (Phi) is 13.2. The third kappa shape index (κ3) is 17.7. The molecule has 0 bridgehead atoms. The number of nitrogens with one attached hydrogen (secondary N) is 1. The Hall–Kier alpha value is -1.15. The molecule has 0 aliphatic heterocycles. The molecule has 0 aromatic rings. The topological polar surface area (TPSA) is 64.2 Å². The van der Waals surface area contributed by atoms with Crippen LogP contribution in [0.4, 0.5) is 0 Å². The molecule has 0 aromatic heterocycles. The first-order valence-corrected chi connectivity index (χ1v) is 3.59. The van der Waals surface area contributed by atoms with Crippen molar-refractivity contribution in [1.82, 2.24) is 0 Å². The fourth-order valence-electron chi connectivity index (χ4n) is 0.232. The molecule has 0 amide bonds. The third-order valence-electron chi connectivity index (χ3n) is 0.457. The van der Waals surface area contributed by atoms with Crippen LogP contribution in [0.3, 0.4) is 0 Å². The van der Waals surface area contributed by atoms with E-state index in [-0.39, 0.29) is 0 Å². The summed E-state index contributed by atoms with van der Waals surface area (Å²) in [7, 11) is 0. The summed E-state index contributed by atoms with van der Waals surface area (Å²) in [6.45, 7) is 6.26. The Morgan fingerprint density at radius 1 is 1.55 bits per heavy atom. The molecule has 4 heteroatoms. The highest BCUT2D eigenvalue weighted by Gasteiger charge is 2.00. The summed E-state index contributed by atoms with van der Waals surface area (Å²) in [5.74, 6) is -0.567. The van der Waals surface area contributed by atoms with Gasteiger partial charge >= 0.3 is 12.2 Å². The first kappa shape index (κ1) is 12.5. The molecule has 1 N–H and O–H groups in total. The lowest BCUT2D eigenvalue weighted by Gasteiger charge is -1.86. The summed E-state index contributed by atoms with van der Waals surface area (Å²) < 4.78 is 4.37. The SMILES string of the molecule is CCC.CCOC(=O)C=[N+]=N. The third-order valence-corrected chi connectivity index (χ3v) is 0.457. The fourth-order valence-corrected chi connectivity index (χ4v) is 0.232. The van der Waals surface area contributed by atoms with Crippen molar-refractivity contribution in [2.24, 2.45) is 0 Å². The maximum absolute atomic E-state index is 10.2. The van der Waals surface area contributed by atoms with Gasteiger partial charge in [0.1, 0.15) is 0 Å². The van der Waals surface area contributed by atoms with Crippen LogP contribution in [0.25, 0.3) is 0 Å². The first-order valence-electron chi connectivity index (χ1n) is 3.59. The number of rotatable bonds is 2. The molecule has 0 saturated carbocycles. The summed E-state index contributed by atoms with van der Waals surface area (Å²) in [6, 6.07) is 0. The number of hydrogen-bond donors (Lipinski definition) is 1. The van der Waals surface area contributed by atoms with Crippen LogP contribution in [0.5, 0.6) is 0 Å². The average molecular weight is 159 g/mol. The van der Waals surface area contributed by atoms with Gasteiger partial charge in [0, 0.05) is 0 Å². The summed E-state index contributed by atoms with van der Waals surface area (Å²) in [5.41, 5.74) is 6.18. The van der Waals surface area contributed by atoms with Crippen molar-refractivity contribution < 1.29 is 14.3 Å². The molecule has 0 spiro atoms. The molecule has 0 aliphatic rings. The maximum Gasteiger partial charge on any atom is 0.418 e. The Labute approximate surface area is 66.8 Å². The van der Waals surface area contributed by atoms with Crippen molar-refractivity contribution in [3.63, 3.8) is 0 Å². The highest BCUT2D eigenvalue weighted by molar-refractivity contribution is 6.20. The fraction of sp³-hybridized carbons (Fsp3) is 0.714. The lowest BCUT2D eigenvalue weighted by Crippen LogP contribution is -2.04. The largest absolute Gasteiger partial charge is 0.458 e. The van der Waals surface area contributed by atoms with E-state index in [1.54, 1.807) is 6.92 Å². The van der Waals surface area contributed by atoms with Gasteiger partial charge in [-0.05, 0) is 6.92 Å². The number of carbonyl (C=O) groups is 1. The van der Waals surface area contributed by atoms with Crippen molar-refractivity contribution in [2.45, 2.75) is 27.2 Å². The summed E-state index contributed by atoms with van der Waals surface area (Å²) in [4.78, 5) is 12.9. The molecule has 0 aliphatic carbocycles. The molecule has 0 aromatic carbocycles. The van der Waals surface area contributed by atoms with E-state index in [0.29, 0.717) is 6.61 Å². The van der Waals surface area contributed by atoms with Gasteiger partial charge in [-0.1, -0.05) is 20.3 Å². The lowest BCUT2D eigenvalue weighted by molar-refractivity contribution is -0.148. The normalized spacial score (nSPS) is 6.82. The van der Waals surface area contributed by atoms with Crippen LogP contribution in [-0.2, 0) is 9.53 Å². The van der Waals surface area contributed by atoms with Gasteiger partial charge in [-0.3, -0.25) is 0 Å². The van der Waals surface area contributed by atoms with Crippen LogP contribution in [0.1, 0.15) is 27.2 Å². The second-order valence-electron chi connectivity index (χ2n) is 1.72. The van der Waals surface area contributed by atoms with Crippen LogP contribution in [0, 0.1) is 5.53 Å². The van der Waals surface area contributed by atoms with Crippen LogP contribution < -0.4 is 0 Å². The number of hydrogen-bond acceptors (Lipinski definition) is 3. The Morgan fingerprint density at radius 3 is 2.27 bits per heavy atom. The minimum absolute atomic E-state index is 0.324. The smallest absolute Gasteiger partial charge is 0.418 e. The zero-order valence-electron chi connectivity index (χ0n) is 7.26. The Morgan fingerprint density at radius 2 is 2.00 bits per heavy atom. The van der Waals surface area contributed by atoms with Crippen LogP contribution in [-0.4, -0.2) is 23.6 Å². The highest BCUT2D eigenvalue weighted by Crippen LogP contribution is 1.68. The lowest BCUT2D eigenvalue weighted by atomic mass is 10.6. The number of esters is 1. The van der Waals surface area contributed by atoms with Crippen molar-refractivity contribution in [3.05, 3.63) is 0 Å². The average Bonchev–Trinajstić information content (AvgIpc) is 1.90. The minimum Gasteiger partial charge on any atom is -0.458 e. The van der Waals surface area contributed by atoms with Crippen LogP contribution in [0.15, 0.2) is 0 Å². The van der Waals surface area contributed by atoms with Gasteiger partial charge in [0.15, 0.2) is 0 Å². The van der Waals surface area contributed by atoms with Gasteiger partial charge in [-0.25, -0.2) is 4.79 Å². The van der Waals surface area contributed by atoms with E-state index in [9.17, 15) is 4.79 Å². The molecule has 0 unspecified atom stereocenters. The number of nitrogens with zero attached hydrogens (tertiary/aromatic N) is 1. The molecule has 11 heavy (non-hydrogen) atoms. The maximum atomic E-state index is 10.2. The van der Waals surface area contributed by atoms with Gasteiger partial charge in [-0.2, -0.15) is 0 Å². The minimum atomic E-state index is -0.567. The zero-order chi connectivity index (χ0) is 9.11. The standard InChI is InChI=1S/C4H7N2O2.C3H8/c1-2-8-4(7)3-6-5;1-3-2/h3,5H,2H2,1H3;3H2,1-2H3/q+1;. The zero-order valence-corrected chi connectivity index (χ0v) is 7.26. The summed E-state index contributed by atoms with van der Waals surface area (Å²) in [5, 5.41) is 0. The summed E-state index contributed by atoms with van der Waals surface area (Å²) in [6.07, 6.45) is 2.06. The van der Waals surface area contributed by atoms with Crippen molar-refractivity contribution in [1.29, 1.82) is 5.53 Å². The van der Waals surface area contributed by atoms with Crippen LogP contribution >= 0.6 is 0 Å². The Bertz CT molecular complexity index is 139.